The molecule has 2 rings (SSSR count). The minimum Gasteiger partial charge on any atom is -0.393 e. The molecule has 0 radical (unpaired) electrons. The molecule has 1 aliphatic rings. The molecule has 2 atom stereocenters. The molecule has 1 aromatic heterocycles. The van der Waals surface area contributed by atoms with Crippen LogP contribution in [0.3, 0.4) is 0 Å². The minimum absolute atomic E-state index is 0.138. The van der Waals surface area contributed by atoms with Crippen molar-refractivity contribution in [1.82, 2.24) is 9.97 Å². The first-order valence-electron chi connectivity index (χ1n) is 4.80. The van der Waals surface area contributed by atoms with Crippen molar-refractivity contribution in [3.05, 3.63) is 24.3 Å². The van der Waals surface area contributed by atoms with E-state index < -0.39 is 0 Å². The Hall–Kier alpha value is -0.960. The highest BCUT2D eigenvalue weighted by Gasteiger charge is 2.22. The maximum Gasteiger partial charge on any atom is 0.0618 e. The summed E-state index contributed by atoms with van der Waals surface area (Å²) >= 11 is 0. The van der Waals surface area contributed by atoms with Crippen LogP contribution in [-0.2, 0) is 0 Å². The molecule has 1 aromatic rings. The van der Waals surface area contributed by atoms with Gasteiger partial charge in [-0.2, -0.15) is 0 Å². The second-order valence-electron chi connectivity index (χ2n) is 3.65. The highest BCUT2D eigenvalue weighted by atomic mass is 16.3. The van der Waals surface area contributed by atoms with Gasteiger partial charge < -0.3 is 5.11 Å². The number of hydrogen-bond acceptors (Lipinski definition) is 3. The predicted octanol–water partition coefficient (Wildman–Crippen LogP) is 1.50. The van der Waals surface area contributed by atoms with Crippen LogP contribution >= 0.6 is 0 Å². The summed E-state index contributed by atoms with van der Waals surface area (Å²) < 4.78 is 0. The van der Waals surface area contributed by atoms with Crippen LogP contribution in [0.2, 0.25) is 0 Å². The SMILES string of the molecule is OC1CCCC(c2cnccn2)C1. The number of aromatic nitrogens is 2. The van der Waals surface area contributed by atoms with Crippen LogP contribution < -0.4 is 0 Å². The summed E-state index contributed by atoms with van der Waals surface area (Å²) in [7, 11) is 0. The zero-order chi connectivity index (χ0) is 9.10. The fourth-order valence-corrected chi connectivity index (χ4v) is 1.95. The Morgan fingerprint density at radius 3 is 2.92 bits per heavy atom. The molecule has 1 fully saturated rings. The largest absolute Gasteiger partial charge is 0.393 e. The Labute approximate surface area is 77.8 Å². The molecule has 3 nitrogen and oxygen atoms in total. The first kappa shape index (κ1) is 8.63. The maximum atomic E-state index is 9.49. The van der Waals surface area contributed by atoms with E-state index in [1.54, 1.807) is 12.4 Å². The van der Waals surface area contributed by atoms with Crippen LogP contribution in [0.25, 0.3) is 0 Å². The zero-order valence-corrected chi connectivity index (χ0v) is 7.56. The van der Waals surface area contributed by atoms with Gasteiger partial charge in [-0.05, 0) is 19.3 Å². The van der Waals surface area contributed by atoms with Gasteiger partial charge in [0.05, 0.1) is 11.8 Å². The monoisotopic (exact) mass is 178 g/mol. The molecule has 0 saturated heterocycles. The lowest BCUT2D eigenvalue weighted by Gasteiger charge is -2.24. The summed E-state index contributed by atoms with van der Waals surface area (Å²) in [5.74, 6) is 0.414. The third-order valence-electron chi connectivity index (χ3n) is 2.65. The van der Waals surface area contributed by atoms with Crippen LogP contribution in [0.4, 0.5) is 0 Å². The van der Waals surface area contributed by atoms with Gasteiger partial charge in [0.2, 0.25) is 0 Å². The van der Waals surface area contributed by atoms with E-state index in [0.717, 1.165) is 31.4 Å². The standard InChI is InChI=1S/C10H14N2O/c13-9-3-1-2-8(6-9)10-7-11-4-5-12-10/h4-5,7-9,13H,1-3,6H2. The van der Waals surface area contributed by atoms with Gasteiger partial charge in [0.1, 0.15) is 0 Å². The Morgan fingerprint density at radius 2 is 2.23 bits per heavy atom. The molecule has 0 amide bonds. The van der Waals surface area contributed by atoms with E-state index in [0.29, 0.717) is 5.92 Å². The molecule has 1 saturated carbocycles. The molecule has 70 valence electrons. The molecule has 1 aliphatic carbocycles. The summed E-state index contributed by atoms with van der Waals surface area (Å²) in [6.07, 6.45) is 9.09. The summed E-state index contributed by atoms with van der Waals surface area (Å²) in [4.78, 5) is 8.30. The molecular weight excluding hydrogens is 164 g/mol. The Bertz CT molecular complexity index is 263. The zero-order valence-electron chi connectivity index (χ0n) is 7.56. The predicted molar refractivity (Wildman–Crippen MR) is 49.2 cm³/mol. The normalized spacial score (nSPS) is 28.7. The van der Waals surface area contributed by atoms with Crippen molar-refractivity contribution in [3.63, 3.8) is 0 Å². The molecular formula is C10H14N2O. The van der Waals surface area contributed by atoms with Crippen LogP contribution in [0, 0.1) is 0 Å². The molecule has 3 heteroatoms. The number of aliphatic hydroxyl groups is 1. The number of nitrogens with zero attached hydrogens (tertiary/aromatic N) is 2. The topological polar surface area (TPSA) is 46.0 Å². The summed E-state index contributed by atoms with van der Waals surface area (Å²) in [6, 6.07) is 0. The van der Waals surface area contributed by atoms with Crippen molar-refractivity contribution >= 4 is 0 Å². The van der Waals surface area contributed by atoms with Crippen LogP contribution in [0.5, 0.6) is 0 Å². The number of rotatable bonds is 1. The van der Waals surface area contributed by atoms with E-state index in [1.165, 1.54) is 0 Å². The highest BCUT2D eigenvalue weighted by Crippen LogP contribution is 2.31. The quantitative estimate of drug-likeness (QED) is 0.708. The second-order valence-corrected chi connectivity index (χ2v) is 3.65. The van der Waals surface area contributed by atoms with Gasteiger partial charge in [0, 0.05) is 24.5 Å². The molecule has 13 heavy (non-hydrogen) atoms. The average Bonchev–Trinajstić information content (AvgIpc) is 2.19. The van der Waals surface area contributed by atoms with Gasteiger partial charge in [-0.15, -0.1) is 0 Å². The number of aliphatic hydroxyl groups excluding tert-OH is 1. The average molecular weight is 178 g/mol. The smallest absolute Gasteiger partial charge is 0.0618 e. The molecule has 1 N–H and O–H groups in total. The van der Waals surface area contributed by atoms with E-state index in [4.69, 9.17) is 0 Å². The van der Waals surface area contributed by atoms with Crippen molar-refractivity contribution < 1.29 is 5.11 Å². The van der Waals surface area contributed by atoms with E-state index in [1.807, 2.05) is 6.20 Å². The van der Waals surface area contributed by atoms with Crippen molar-refractivity contribution in [2.24, 2.45) is 0 Å². The maximum absolute atomic E-state index is 9.49. The minimum atomic E-state index is -0.138. The summed E-state index contributed by atoms with van der Waals surface area (Å²) in [6.45, 7) is 0. The van der Waals surface area contributed by atoms with E-state index in [9.17, 15) is 5.11 Å². The lowest BCUT2D eigenvalue weighted by molar-refractivity contribution is 0.118. The van der Waals surface area contributed by atoms with Gasteiger partial charge in [0.25, 0.3) is 0 Å². The van der Waals surface area contributed by atoms with Crippen LogP contribution in [0.1, 0.15) is 37.3 Å². The highest BCUT2D eigenvalue weighted by molar-refractivity contribution is 5.04. The Morgan fingerprint density at radius 1 is 1.31 bits per heavy atom. The van der Waals surface area contributed by atoms with Crippen molar-refractivity contribution in [2.75, 3.05) is 0 Å². The van der Waals surface area contributed by atoms with Gasteiger partial charge >= 0.3 is 0 Å². The van der Waals surface area contributed by atoms with Crippen molar-refractivity contribution in [1.29, 1.82) is 0 Å². The van der Waals surface area contributed by atoms with E-state index in [-0.39, 0.29) is 6.10 Å². The molecule has 0 aromatic carbocycles. The van der Waals surface area contributed by atoms with Crippen molar-refractivity contribution in [2.45, 2.75) is 37.7 Å². The summed E-state index contributed by atoms with van der Waals surface area (Å²) in [5, 5.41) is 9.49. The Balaban J connectivity index is 2.08. The van der Waals surface area contributed by atoms with Gasteiger partial charge in [-0.25, -0.2) is 0 Å². The van der Waals surface area contributed by atoms with E-state index >= 15 is 0 Å². The summed E-state index contributed by atoms with van der Waals surface area (Å²) in [5.41, 5.74) is 1.03. The molecule has 0 bridgehead atoms. The van der Waals surface area contributed by atoms with Crippen LogP contribution in [0.15, 0.2) is 18.6 Å². The van der Waals surface area contributed by atoms with Crippen molar-refractivity contribution in [3.8, 4) is 0 Å². The molecule has 0 spiro atoms. The number of hydrogen-bond donors (Lipinski definition) is 1. The molecule has 1 heterocycles. The van der Waals surface area contributed by atoms with Crippen LogP contribution in [-0.4, -0.2) is 21.2 Å². The van der Waals surface area contributed by atoms with Gasteiger partial charge in [-0.3, -0.25) is 9.97 Å². The van der Waals surface area contributed by atoms with Gasteiger partial charge in [0.15, 0.2) is 0 Å². The second kappa shape index (κ2) is 3.83. The lowest BCUT2D eigenvalue weighted by atomic mass is 9.85. The third kappa shape index (κ3) is 2.04. The fourth-order valence-electron chi connectivity index (χ4n) is 1.95. The van der Waals surface area contributed by atoms with Gasteiger partial charge in [-0.1, -0.05) is 6.42 Å². The first-order chi connectivity index (χ1) is 6.36. The Kier molecular flexibility index (Phi) is 2.54. The molecule has 0 aliphatic heterocycles. The fraction of sp³-hybridized carbons (Fsp3) is 0.600. The van der Waals surface area contributed by atoms with E-state index in [2.05, 4.69) is 9.97 Å². The molecule has 2 unspecified atom stereocenters. The third-order valence-corrected chi connectivity index (χ3v) is 2.65. The first-order valence-corrected chi connectivity index (χ1v) is 4.80. The lowest BCUT2D eigenvalue weighted by Crippen LogP contribution is -2.18.